The van der Waals surface area contributed by atoms with Crippen LogP contribution >= 0.6 is 0 Å². The van der Waals surface area contributed by atoms with Gasteiger partial charge in [-0.05, 0) is 18.2 Å². The van der Waals surface area contributed by atoms with Gasteiger partial charge >= 0.3 is 11.9 Å². The number of aromatic carboxylic acids is 1. The highest BCUT2D eigenvalue weighted by Crippen LogP contribution is 2.12. The number of carboxylic acid groups (broad SMARTS) is 1. The van der Waals surface area contributed by atoms with Crippen LogP contribution in [0.3, 0.4) is 0 Å². The minimum Gasteiger partial charge on any atom is -0.478 e. The van der Waals surface area contributed by atoms with Gasteiger partial charge in [-0.15, -0.1) is 0 Å². The molecule has 0 atom stereocenters. The summed E-state index contributed by atoms with van der Waals surface area (Å²) in [4.78, 5) is 21.8. The molecule has 0 fully saturated rings. The molecule has 0 bridgehead atoms. The number of carbonyl (C=O) groups excluding carboxylic acids is 1. The summed E-state index contributed by atoms with van der Waals surface area (Å²) >= 11 is 0. The normalized spacial score (nSPS) is 9.07. The molecule has 0 aliphatic heterocycles. The smallest absolute Gasteiger partial charge is 0.339 e. The maximum atomic E-state index is 11.2. The molecule has 0 radical (unpaired) electrons. The standard InChI is InChI=1S/C10H7NO4/c1-15-10(14)8-4-6(9(12)13)2-3-7(8)5-11/h2-4H,1H3,(H,12,13). The largest absolute Gasteiger partial charge is 0.478 e. The number of benzene rings is 1. The predicted molar refractivity (Wildman–Crippen MR) is 49.5 cm³/mol. The lowest BCUT2D eigenvalue weighted by Crippen LogP contribution is -2.07. The number of hydrogen-bond donors (Lipinski definition) is 1. The molecule has 0 aliphatic rings. The minimum absolute atomic E-state index is 0.0418. The van der Waals surface area contributed by atoms with Crippen LogP contribution in [0, 0.1) is 11.3 Å². The molecule has 0 amide bonds. The summed E-state index contributed by atoms with van der Waals surface area (Å²) in [6.07, 6.45) is 0. The van der Waals surface area contributed by atoms with Crippen molar-refractivity contribution < 1.29 is 19.4 Å². The lowest BCUT2D eigenvalue weighted by Gasteiger charge is -2.02. The molecule has 0 saturated heterocycles. The first-order valence-corrected chi connectivity index (χ1v) is 3.96. The van der Waals surface area contributed by atoms with Gasteiger partial charge in [-0.3, -0.25) is 0 Å². The molecular formula is C10H7NO4. The topological polar surface area (TPSA) is 87.4 Å². The van der Waals surface area contributed by atoms with Crippen molar-refractivity contribution in [2.45, 2.75) is 0 Å². The van der Waals surface area contributed by atoms with Gasteiger partial charge in [0.2, 0.25) is 0 Å². The zero-order valence-corrected chi connectivity index (χ0v) is 7.85. The highest BCUT2D eigenvalue weighted by Gasteiger charge is 2.14. The zero-order chi connectivity index (χ0) is 11.4. The van der Waals surface area contributed by atoms with E-state index in [0.717, 1.165) is 13.2 Å². The van der Waals surface area contributed by atoms with E-state index in [2.05, 4.69) is 4.74 Å². The van der Waals surface area contributed by atoms with Crippen molar-refractivity contribution >= 4 is 11.9 Å². The van der Waals surface area contributed by atoms with Crippen LogP contribution in [0.5, 0.6) is 0 Å². The first-order valence-electron chi connectivity index (χ1n) is 3.96. The first kappa shape index (κ1) is 10.7. The van der Waals surface area contributed by atoms with Crippen LogP contribution in [0.1, 0.15) is 26.3 Å². The third-order valence-corrected chi connectivity index (χ3v) is 1.79. The van der Waals surface area contributed by atoms with E-state index in [0.29, 0.717) is 0 Å². The molecule has 76 valence electrons. The van der Waals surface area contributed by atoms with Gasteiger partial charge in [-0.25, -0.2) is 9.59 Å². The third-order valence-electron chi connectivity index (χ3n) is 1.79. The summed E-state index contributed by atoms with van der Waals surface area (Å²) in [5.41, 5.74) is -0.0128. The second kappa shape index (κ2) is 4.24. The molecule has 0 aromatic heterocycles. The molecule has 1 aromatic rings. The number of hydrogen-bond acceptors (Lipinski definition) is 4. The van der Waals surface area contributed by atoms with Gasteiger partial charge in [-0.2, -0.15) is 5.26 Å². The number of carboxylic acids is 1. The van der Waals surface area contributed by atoms with E-state index in [1.807, 2.05) is 0 Å². The summed E-state index contributed by atoms with van der Waals surface area (Å²) in [6, 6.07) is 5.43. The van der Waals surface area contributed by atoms with E-state index < -0.39 is 11.9 Å². The van der Waals surface area contributed by atoms with Crippen LogP contribution in [0.15, 0.2) is 18.2 Å². The Morgan fingerprint density at radius 3 is 2.60 bits per heavy atom. The van der Waals surface area contributed by atoms with E-state index in [1.54, 1.807) is 6.07 Å². The SMILES string of the molecule is COC(=O)c1cc(C(=O)O)ccc1C#N. The molecule has 0 heterocycles. The molecule has 1 aromatic carbocycles. The van der Waals surface area contributed by atoms with E-state index in [4.69, 9.17) is 10.4 Å². The average Bonchev–Trinajstić information content (AvgIpc) is 2.27. The summed E-state index contributed by atoms with van der Waals surface area (Å²) < 4.78 is 4.43. The number of ether oxygens (including phenoxy) is 1. The summed E-state index contributed by atoms with van der Waals surface area (Å²) in [5, 5.41) is 17.4. The Morgan fingerprint density at radius 1 is 1.47 bits per heavy atom. The maximum Gasteiger partial charge on any atom is 0.339 e. The van der Waals surface area contributed by atoms with E-state index in [-0.39, 0.29) is 16.7 Å². The molecule has 15 heavy (non-hydrogen) atoms. The number of nitrogens with zero attached hydrogens (tertiary/aromatic N) is 1. The molecular weight excluding hydrogens is 198 g/mol. The Morgan fingerprint density at radius 2 is 2.13 bits per heavy atom. The van der Waals surface area contributed by atoms with Crippen LogP contribution in [0.2, 0.25) is 0 Å². The monoisotopic (exact) mass is 205 g/mol. The molecule has 5 heteroatoms. The average molecular weight is 205 g/mol. The Bertz CT molecular complexity index is 459. The highest BCUT2D eigenvalue weighted by molar-refractivity contribution is 5.96. The molecule has 1 rings (SSSR count). The fourth-order valence-electron chi connectivity index (χ4n) is 1.05. The maximum absolute atomic E-state index is 11.2. The van der Waals surface area contributed by atoms with Gasteiger partial charge in [-0.1, -0.05) is 0 Å². The Kier molecular flexibility index (Phi) is 3.03. The number of esters is 1. The van der Waals surface area contributed by atoms with Crippen molar-refractivity contribution in [2.24, 2.45) is 0 Å². The predicted octanol–water partition coefficient (Wildman–Crippen LogP) is 1.04. The number of methoxy groups -OCH3 is 1. The van der Waals surface area contributed by atoms with Crippen LogP contribution in [0.25, 0.3) is 0 Å². The third kappa shape index (κ3) is 2.11. The Hall–Kier alpha value is -2.35. The lowest BCUT2D eigenvalue weighted by molar-refractivity contribution is 0.0600. The fraction of sp³-hybridized carbons (Fsp3) is 0.100. The lowest BCUT2D eigenvalue weighted by atomic mass is 10.0. The fourth-order valence-corrected chi connectivity index (χ4v) is 1.05. The van der Waals surface area contributed by atoms with E-state index >= 15 is 0 Å². The summed E-state index contributed by atoms with van der Waals surface area (Å²) in [6.45, 7) is 0. The second-order valence-corrected chi connectivity index (χ2v) is 2.67. The second-order valence-electron chi connectivity index (χ2n) is 2.67. The highest BCUT2D eigenvalue weighted by atomic mass is 16.5. The van der Waals surface area contributed by atoms with Crippen molar-refractivity contribution in [3.8, 4) is 6.07 Å². The van der Waals surface area contributed by atoms with Crippen molar-refractivity contribution in [3.05, 3.63) is 34.9 Å². The zero-order valence-electron chi connectivity index (χ0n) is 7.85. The van der Waals surface area contributed by atoms with Gasteiger partial charge in [0.25, 0.3) is 0 Å². The molecule has 5 nitrogen and oxygen atoms in total. The summed E-state index contributed by atoms with van der Waals surface area (Å²) in [7, 11) is 1.16. The van der Waals surface area contributed by atoms with Crippen LogP contribution in [-0.4, -0.2) is 24.2 Å². The van der Waals surface area contributed by atoms with E-state index in [1.165, 1.54) is 12.1 Å². The van der Waals surface area contributed by atoms with Crippen molar-refractivity contribution in [3.63, 3.8) is 0 Å². The minimum atomic E-state index is -1.16. The van der Waals surface area contributed by atoms with Gasteiger partial charge < -0.3 is 9.84 Å². The molecule has 0 saturated carbocycles. The molecule has 0 unspecified atom stereocenters. The molecule has 1 N–H and O–H groups in total. The van der Waals surface area contributed by atoms with E-state index in [9.17, 15) is 9.59 Å². The van der Waals surface area contributed by atoms with Crippen LogP contribution < -0.4 is 0 Å². The molecule has 0 aliphatic carbocycles. The molecule has 0 spiro atoms. The van der Waals surface area contributed by atoms with Gasteiger partial charge in [0.1, 0.15) is 6.07 Å². The number of carbonyl (C=O) groups is 2. The van der Waals surface area contributed by atoms with Crippen molar-refractivity contribution in [1.29, 1.82) is 5.26 Å². The van der Waals surface area contributed by atoms with Crippen LogP contribution in [-0.2, 0) is 4.74 Å². The van der Waals surface area contributed by atoms with Gasteiger partial charge in [0.05, 0.1) is 23.8 Å². The number of nitriles is 1. The van der Waals surface area contributed by atoms with Crippen molar-refractivity contribution in [2.75, 3.05) is 7.11 Å². The van der Waals surface area contributed by atoms with Gasteiger partial charge in [0.15, 0.2) is 0 Å². The number of rotatable bonds is 2. The van der Waals surface area contributed by atoms with Crippen LogP contribution in [0.4, 0.5) is 0 Å². The van der Waals surface area contributed by atoms with Crippen molar-refractivity contribution in [1.82, 2.24) is 0 Å². The Balaban J connectivity index is 3.33. The quantitative estimate of drug-likeness (QED) is 0.729. The Labute approximate surface area is 85.5 Å². The first-order chi connectivity index (χ1) is 7.10. The summed E-state index contributed by atoms with van der Waals surface area (Å²) in [5.74, 6) is -1.89. The van der Waals surface area contributed by atoms with Gasteiger partial charge in [0, 0.05) is 0 Å².